The van der Waals surface area contributed by atoms with Gasteiger partial charge in [-0.2, -0.15) is 0 Å². The standard InChI is InChI=1S/C16H24ClNO5/c1-5-18(7-6-17)8-9-23-16(19)12-10-13(20-2)15(22-4)14(11-12)21-3/h10-11H,5-9H2,1-4H3. The number of carbonyl (C=O) groups is 1. The third kappa shape index (κ3) is 5.48. The van der Waals surface area contributed by atoms with Crippen molar-refractivity contribution in [2.45, 2.75) is 6.92 Å². The number of carbonyl (C=O) groups excluding carboxylic acids is 1. The van der Waals surface area contributed by atoms with Gasteiger partial charge in [-0.05, 0) is 18.7 Å². The quantitative estimate of drug-likeness (QED) is 0.479. The van der Waals surface area contributed by atoms with Gasteiger partial charge >= 0.3 is 5.97 Å². The van der Waals surface area contributed by atoms with E-state index in [4.69, 9.17) is 30.5 Å². The minimum absolute atomic E-state index is 0.292. The second-order valence-corrected chi connectivity index (χ2v) is 5.05. The third-order valence-electron chi connectivity index (χ3n) is 3.39. The smallest absolute Gasteiger partial charge is 0.338 e. The van der Waals surface area contributed by atoms with Crippen molar-refractivity contribution in [3.8, 4) is 17.2 Å². The Balaban J connectivity index is 2.76. The lowest BCUT2D eigenvalue weighted by atomic mass is 10.2. The van der Waals surface area contributed by atoms with Crippen LogP contribution in [0.2, 0.25) is 0 Å². The SMILES string of the molecule is CCN(CCCl)CCOC(=O)c1cc(OC)c(OC)c(OC)c1. The van der Waals surface area contributed by atoms with Gasteiger partial charge in [0.1, 0.15) is 6.61 Å². The van der Waals surface area contributed by atoms with Crippen LogP contribution in [0.5, 0.6) is 17.2 Å². The van der Waals surface area contributed by atoms with Crippen molar-refractivity contribution >= 4 is 17.6 Å². The first-order valence-electron chi connectivity index (χ1n) is 7.36. The molecule has 0 radical (unpaired) electrons. The van der Waals surface area contributed by atoms with Crippen LogP contribution in [0.15, 0.2) is 12.1 Å². The van der Waals surface area contributed by atoms with Crippen molar-refractivity contribution < 1.29 is 23.7 Å². The molecule has 0 aliphatic heterocycles. The molecule has 0 heterocycles. The first-order valence-corrected chi connectivity index (χ1v) is 7.90. The van der Waals surface area contributed by atoms with Crippen LogP contribution >= 0.6 is 11.6 Å². The van der Waals surface area contributed by atoms with Crippen LogP contribution in [0.1, 0.15) is 17.3 Å². The molecule has 0 aliphatic rings. The number of hydrogen-bond acceptors (Lipinski definition) is 6. The number of methoxy groups -OCH3 is 3. The van der Waals surface area contributed by atoms with Crippen molar-refractivity contribution in [1.82, 2.24) is 4.90 Å². The molecule has 7 heteroatoms. The van der Waals surface area contributed by atoms with Gasteiger partial charge in [0.05, 0.1) is 26.9 Å². The molecule has 0 fully saturated rings. The molecule has 0 spiro atoms. The zero-order valence-electron chi connectivity index (χ0n) is 14.1. The average molecular weight is 346 g/mol. The maximum Gasteiger partial charge on any atom is 0.338 e. The maximum absolute atomic E-state index is 12.2. The topological polar surface area (TPSA) is 57.2 Å². The van der Waals surface area contributed by atoms with E-state index in [0.29, 0.717) is 41.8 Å². The Morgan fingerprint density at radius 3 is 2.13 bits per heavy atom. The Bertz CT molecular complexity index is 484. The molecule has 1 aromatic carbocycles. The molecule has 130 valence electrons. The summed E-state index contributed by atoms with van der Waals surface area (Å²) in [6.07, 6.45) is 0. The van der Waals surface area contributed by atoms with Gasteiger partial charge in [-0.1, -0.05) is 6.92 Å². The lowest BCUT2D eigenvalue weighted by molar-refractivity contribution is 0.0466. The second-order valence-electron chi connectivity index (χ2n) is 4.67. The number of hydrogen-bond donors (Lipinski definition) is 0. The Labute approximate surface area is 142 Å². The highest BCUT2D eigenvalue weighted by molar-refractivity contribution is 6.18. The van der Waals surface area contributed by atoms with Crippen molar-refractivity contribution in [1.29, 1.82) is 0 Å². The van der Waals surface area contributed by atoms with E-state index in [1.165, 1.54) is 21.3 Å². The van der Waals surface area contributed by atoms with Crippen LogP contribution in [-0.4, -0.2) is 64.3 Å². The predicted molar refractivity (Wildman–Crippen MR) is 89.2 cm³/mol. The number of ether oxygens (including phenoxy) is 4. The van der Waals surface area contributed by atoms with Crippen LogP contribution in [0.3, 0.4) is 0 Å². The molecule has 6 nitrogen and oxygen atoms in total. The van der Waals surface area contributed by atoms with E-state index >= 15 is 0 Å². The zero-order valence-corrected chi connectivity index (χ0v) is 14.8. The number of esters is 1. The molecule has 0 atom stereocenters. The molecule has 0 amide bonds. The Kier molecular flexibility index (Phi) is 8.58. The molecular weight excluding hydrogens is 322 g/mol. The lowest BCUT2D eigenvalue weighted by Gasteiger charge is -2.18. The molecular formula is C16H24ClNO5. The molecule has 1 rings (SSSR count). The van der Waals surface area contributed by atoms with Gasteiger partial charge in [-0.15, -0.1) is 11.6 Å². The summed E-state index contributed by atoms with van der Waals surface area (Å²) in [5.74, 6) is 1.37. The molecule has 0 bridgehead atoms. The number of rotatable bonds is 10. The number of benzene rings is 1. The van der Waals surface area contributed by atoms with E-state index < -0.39 is 5.97 Å². The first-order chi connectivity index (χ1) is 11.1. The molecule has 0 aromatic heterocycles. The monoisotopic (exact) mass is 345 g/mol. The van der Waals surface area contributed by atoms with E-state index in [9.17, 15) is 4.79 Å². The molecule has 1 aromatic rings. The molecule has 0 saturated carbocycles. The van der Waals surface area contributed by atoms with E-state index in [2.05, 4.69) is 4.90 Å². The van der Waals surface area contributed by atoms with Crippen LogP contribution in [0.25, 0.3) is 0 Å². The summed E-state index contributed by atoms with van der Waals surface area (Å²) in [7, 11) is 4.50. The average Bonchev–Trinajstić information content (AvgIpc) is 2.59. The predicted octanol–water partition coefficient (Wildman–Crippen LogP) is 2.43. The van der Waals surface area contributed by atoms with Gasteiger partial charge in [-0.25, -0.2) is 4.79 Å². The highest BCUT2D eigenvalue weighted by Crippen LogP contribution is 2.38. The number of halogens is 1. The summed E-state index contributed by atoms with van der Waals surface area (Å²) in [6.45, 7) is 4.58. The highest BCUT2D eigenvalue weighted by Gasteiger charge is 2.18. The summed E-state index contributed by atoms with van der Waals surface area (Å²) in [5.41, 5.74) is 0.347. The molecule has 0 N–H and O–H groups in total. The molecule has 23 heavy (non-hydrogen) atoms. The van der Waals surface area contributed by atoms with Gasteiger partial charge in [0, 0.05) is 19.0 Å². The van der Waals surface area contributed by atoms with Crippen LogP contribution in [0, 0.1) is 0 Å². The summed E-state index contributed by atoms with van der Waals surface area (Å²) in [4.78, 5) is 14.3. The Hall–Kier alpha value is -1.66. The van der Waals surface area contributed by atoms with Gasteiger partial charge in [0.25, 0.3) is 0 Å². The Morgan fingerprint density at radius 1 is 1.09 bits per heavy atom. The minimum atomic E-state index is -0.439. The number of alkyl halides is 1. The van der Waals surface area contributed by atoms with E-state index in [1.54, 1.807) is 12.1 Å². The van der Waals surface area contributed by atoms with Crippen LogP contribution in [0.4, 0.5) is 0 Å². The highest BCUT2D eigenvalue weighted by atomic mass is 35.5. The first kappa shape index (κ1) is 19.4. The normalized spacial score (nSPS) is 10.5. The molecule has 0 saturated heterocycles. The van der Waals surface area contributed by atoms with Gasteiger partial charge in [0.15, 0.2) is 11.5 Å². The van der Waals surface area contributed by atoms with E-state index in [0.717, 1.165) is 13.1 Å². The summed E-state index contributed by atoms with van der Waals surface area (Å²) in [5, 5.41) is 0. The van der Waals surface area contributed by atoms with Crippen LogP contribution in [-0.2, 0) is 4.74 Å². The summed E-state index contributed by atoms with van der Waals surface area (Å²) < 4.78 is 21.0. The summed E-state index contributed by atoms with van der Waals surface area (Å²) in [6, 6.07) is 3.14. The van der Waals surface area contributed by atoms with Crippen molar-refractivity contribution in [3.63, 3.8) is 0 Å². The fourth-order valence-electron chi connectivity index (χ4n) is 2.10. The fraction of sp³-hybridized carbons (Fsp3) is 0.562. The number of likely N-dealkylation sites (N-methyl/N-ethyl adjacent to an activating group) is 1. The number of nitrogens with zero attached hydrogens (tertiary/aromatic N) is 1. The minimum Gasteiger partial charge on any atom is -0.493 e. The van der Waals surface area contributed by atoms with Gasteiger partial charge in [0.2, 0.25) is 5.75 Å². The zero-order chi connectivity index (χ0) is 17.2. The van der Waals surface area contributed by atoms with Gasteiger partial charge in [-0.3, -0.25) is 4.90 Å². The Morgan fingerprint density at radius 2 is 1.70 bits per heavy atom. The van der Waals surface area contributed by atoms with E-state index in [-0.39, 0.29) is 0 Å². The van der Waals surface area contributed by atoms with Crippen molar-refractivity contribution in [2.24, 2.45) is 0 Å². The second kappa shape index (κ2) is 10.2. The lowest BCUT2D eigenvalue weighted by Crippen LogP contribution is -2.30. The summed E-state index contributed by atoms with van der Waals surface area (Å²) >= 11 is 5.72. The van der Waals surface area contributed by atoms with Crippen molar-refractivity contribution in [3.05, 3.63) is 17.7 Å². The molecule has 0 aliphatic carbocycles. The third-order valence-corrected chi connectivity index (χ3v) is 3.56. The van der Waals surface area contributed by atoms with Crippen LogP contribution < -0.4 is 14.2 Å². The fourth-order valence-corrected chi connectivity index (χ4v) is 2.34. The van der Waals surface area contributed by atoms with Gasteiger partial charge < -0.3 is 18.9 Å². The van der Waals surface area contributed by atoms with E-state index in [1.807, 2.05) is 6.92 Å². The largest absolute Gasteiger partial charge is 0.493 e. The maximum atomic E-state index is 12.2. The molecule has 0 unspecified atom stereocenters. The van der Waals surface area contributed by atoms with Crippen molar-refractivity contribution in [2.75, 3.05) is 53.5 Å².